The van der Waals surface area contributed by atoms with E-state index in [2.05, 4.69) is 26.6 Å². The fourth-order valence-corrected chi connectivity index (χ4v) is 0.702. The lowest BCUT2D eigenvalue weighted by Crippen LogP contribution is -1.86. The van der Waals surface area contributed by atoms with E-state index in [0.29, 0.717) is 5.52 Å². The number of pyridine rings is 1. The Kier molecular flexibility index (Phi) is 1.04. The average Bonchev–Trinajstić information content (AvgIpc) is 2.05. The Balaban J connectivity index is 2.89. The van der Waals surface area contributed by atoms with Gasteiger partial charge in [0.15, 0.2) is 0 Å². The first-order valence-corrected chi connectivity index (χ1v) is 2.77. The van der Waals surface area contributed by atoms with Crippen LogP contribution in [0.25, 0.3) is 10.9 Å². The topological polar surface area (TPSA) is 51.6 Å². The molecule has 0 spiro atoms. The Morgan fingerprint density at radius 1 is 1.40 bits per heavy atom. The van der Waals surface area contributed by atoms with Crippen LogP contribution >= 0.6 is 0 Å². The minimum absolute atomic E-state index is 0.650. The minimum Gasteiger partial charge on any atom is -0.252 e. The molecule has 4 heteroatoms. The molecule has 4 nitrogen and oxygen atoms in total. The van der Waals surface area contributed by atoms with Crippen LogP contribution in [0.5, 0.6) is 0 Å². The zero-order chi connectivity index (χ0) is 6.81. The first-order valence-electron chi connectivity index (χ1n) is 2.77. The summed E-state index contributed by atoms with van der Waals surface area (Å²) in [5, 5.41) is 11.7. The van der Waals surface area contributed by atoms with Crippen LogP contribution in [0.3, 0.4) is 0 Å². The van der Waals surface area contributed by atoms with Gasteiger partial charge in [0.1, 0.15) is 11.7 Å². The van der Waals surface area contributed by atoms with Gasteiger partial charge in [0, 0.05) is 11.6 Å². The number of rotatable bonds is 0. The number of nitrogens with zero attached hydrogens (tertiary/aromatic N) is 4. The van der Waals surface area contributed by atoms with Crippen LogP contribution in [0.4, 0.5) is 0 Å². The van der Waals surface area contributed by atoms with E-state index in [0.717, 1.165) is 5.39 Å². The molecule has 2 heterocycles. The fourth-order valence-electron chi connectivity index (χ4n) is 0.702. The van der Waals surface area contributed by atoms with Crippen LogP contribution in [0.15, 0.2) is 18.5 Å². The summed E-state index contributed by atoms with van der Waals surface area (Å²) in [6.07, 6.45) is 5.96. The molecule has 2 aromatic rings. The van der Waals surface area contributed by atoms with E-state index in [1.54, 1.807) is 12.4 Å². The van der Waals surface area contributed by atoms with E-state index < -0.39 is 0 Å². The molecule has 0 saturated heterocycles. The van der Waals surface area contributed by atoms with Crippen LogP contribution < -0.4 is 0 Å². The molecule has 1 radical (unpaired) electrons. The zero-order valence-electron chi connectivity index (χ0n) is 5.02. The van der Waals surface area contributed by atoms with E-state index >= 15 is 0 Å². The third-order valence-corrected chi connectivity index (χ3v) is 1.17. The molecule has 2 aromatic heterocycles. The highest BCUT2D eigenvalue weighted by atomic mass is 15.3. The molecule has 0 aliphatic rings. The van der Waals surface area contributed by atoms with Crippen LogP contribution in [0.1, 0.15) is 0 Å². The predicted octanol–water partition coefficient (Wildman–Crippen LogP) is 0.220. The highest BCUT2D eigenvalue weighted by Crippen LogP contribution is 2.02. The second-order valence-electron chi connectivity index (χ2n) is 1.79. The summed E-state index contributed by atoms with van der Waals surface area (Å²) in [5.41, 5.74) is 0.650. The molecule has 10 heavy (non-hydrogen) atoms. The third kappa shape index (κ3) is 0.699. The van der Waals surface area contributed by atoms with Crippen molar-refractivity contribution in [2.24, 2.45) is 0 Å². The zero-order valence-corrected chi connectivity index (χ0v) is 5.02. The van der Waals surface area contributed by atoms with Crippen molar-refractivity contribution in [3.63, 3.8) is 0 Å². The van der Waals surface area contributed by atoms with Gasteiger partial charge >= 0.3 is 0 Å². The van der Waals surface area contributed by atoms with Crippen molar-refractivity contribution >= 4 is 10.9 Å². The summed E-state index contributed by atoms with van der Waals surface area (Å²) >= 11 is 0. The first-order chi connectivity index (χ1) is 4.97. The minimum atomic E-state index is 0.650. The Bertz CT molecular complexity index is 281. The van der Waals surface area contributed by atoms with Gasteiger partial charge in [0.2, 0.25) is 0 Å². The second-order valence-corrected chi connectivity index (χ2v) is 1.79. The van der Waals surface area contributed by atoms with Crippen LogP contribution in [0, 0.1) is 6.20 Å². The lowest BCUT2D eigenvalue weighted by Gasteiger charge is -1.87. The Labute approximate surface area is 56.9 Å². The third-order valence-electron chi connectivity index (χ3n) is 1.17. The fraction of sp³-hybridized carbons (Fsp3) is 0. The summed E-state index contributed by atoms with van der Waals surface area (Å²) in [6.45, 7) is 0. The molecular weight excluding hydrogens is 128 g/mol. The largest absolute Gasteiger partial charge is 0.252 e. The molecular formula is C6H3N4. The van der Waals surface area contributed by atoms with Crippen molar-refractivity contribution in [2.75, 3.05) is 0 Å². The van der Waals surface area contributed by atoms with Gasteiger partial charge in [-0.3, -0.25) is 4.98 Å². The lowest BCUT2D eigenvalue weighted by molar-refractivity contribution is 0.892. The first kappa shape index (κ1) is 5.22. The van der Waals surface area contributed by atoms with Gasteiger partial charge in [-0.15, -0.1) is 10.2 Å². The predicted molar refractivity (Wildman–Crippen MR) is 34.0 cm³/mol. The molecule has 2 rings (SSSR count). The standard InChI is InChI=1S/C6H3N4/c1-2-7-4-6-5(1)3-8-10-9-6/h1-3H. The van der Waals surface area contributed by atoms with Crippen LogP contribution in [-0.4, -0.2) is 20.4 Å². The lowest BCUT2D eigenvalue weighted by atomic mass is 10.3. The van der Waals surface area contributed by atoms with E-state index in [4.69, 9.17) is 0 Å². The Hall–Kier alpha value is -1.58. The molecule has 0 amide bonds. The summed E-state index contributed by atoms with van der Waals surface area (Å²) in [7, 11) is 0. The van der Waals surface area contributed by atoms with Gasteiger partial charge in [0.25, 0.3) is 0 Å². The highest BCUT2D eigenvalue weighted by molar-refractivity contribution is 5.74. The van der Waals surface area contributed by atoms with Crippen LogP contribution in [-0.2, 0) is 0 Å². The number of fused-ring (bicyclic) bond motifs is 1. The normalized spacial score (nSPS) is 10.0. The molecule has 0 fully saturated rings. The van der Waals surface area contributed by atoms with Crippen molar-refractivity contribution in [2.45, 2.75) is 0 Å². The average molecular weight is 131 g/mol. The molecule has 0 atom stereocenters. The van der Waals surface area contributed by atoms with Gasteiger partial charge < -0.3 is 0 Å². The van der Waals surface area contributed by atoms with Gasteiger partial charge in [-0.2, -0.15) is 0 Å². The molecule has 0 saturated carbocycles. The molecule has 47 valence electrons. The second kappa shape index (κ2) is 1.98. The maximum absolute atomic E-state index is 3.76. The smallest absolute Gasteiger partial charge is 0.124 e. The summed E-state index contributed by atoms with van der Waals surface area (Å²) < 4.78 is 0. The van der Waals surface area contributed by atoms with Gasteiger partial charge in [-0.1, -0.05) is 0 Å². The van der Waals surface area contributed by atoms with E-state index in [9.17, 15) is 0 Å². The van der Waals surface area contributed by atoms with Crippen LogP contribution in [0.2, 0.25) is 0 Å². The van der Waals surface area contributed by atoms with Crippen molar-refractivity contribution in [3.05, 3.63) is 24.7 Å². The SMILES string of the molecule is [c]1nccc2cnnnc12. The number of aromatic nitrogens is 4. The van der Waals surface area contributed by atoms with Crippen molar-refractivity contribution in [1.82, 2.24) is 20.4 Å². The monoisotopic (exact) mass is 131 g/mol. The molecule has 0 aromatic carbocycles. The van der Waals surface area contributed by atoms with Gasteiger partial charge in [-0.25, -0.2) is 0 Å². The van der Waals surface area contributed by atoms with Gasteiger partial charge in [0.05, 0.1) is 6.20 Å². The quantitative estimate of drug-likeness (QED) is 0.513. The van der Waals surface area contributed by atoms with E-state index in [1.165, 1.54) is 0 Å². The summed E-state index contributed by atoms with van der Waals surface area (Å²) in [6, 6.07) is 1.81. The Morgan fingerprint density at radius 2 is 2.40 bits per heavy atom. The van der Waals surface area contributed by atoms with Gasteiger partial charge in [-0.05, 0) is 11.3 Å². The Morgan fingerprint density at radius 3 is 3.30 bits per heavy atom. The van der Waals surface area contributed by atoms with E-state index in [1.807, 2.05) is 6.07 Å². The number of hydrogen-bond acceptors (Lipinski definition) is 4. The molecule has 0 bridgehead atoms. The van der Waals surface area contributed by atoms with Crippen molar-refractivity contribution < 1.29 is 0 Å². The molecule has 0 aliphatic carbocycles. The number of hydrogen-bond donors (Lipinski definition) is 0. The summed E-state index contributed by atoms with van der Waals surface area (Å²) in [5.74, 6) is 0. The maximum atomic E-state index is 3.76. The summed E-state index contributed by atoms with van der Waals surface area (Å²) in [4.78, 5) is 3.76. The maximum Gasteiger partial charge on any atom is 0.124 e. The van der Waals surface area contributed by atoms with Crippen molar-refractivity contribution in [1.29, 1.82) is 0 Å². The van der Waals surface area contributed by atoms with E-state index in [-0.39, 0.29) is 0 Å². The highest BCUT2D eigenvalue weighted by Gasteiger charge is 1.90. The molecule has 0 N–H and O–H groups in total. The van der Waals surface area contributed by atoms with Crippen molar-refractivity contribution in [3.8, 4) is 0 Å². The molecule has 0 aliphatic heterocycles. The molecule has 0 unspecified atom stereocenters.